The second-order valence-electron chi connectivity index (χ2n) is 5.18. The summed E-state index contributed by atoms with van der Waals surface area (Å²) in [7, 11) is 0. The van der Waals surface area contributed by atoms with Gasteiger partial charge in [0.2, 0.25) is 0 Å². The Morgan fingerprint density at radius 2 is 2.00 bits per heavy atom. The number of hydrogen-bond acceptors (Lipinski definition) is 4. The lowest BCUT2D eigenvalue weighted by molar-refractivity contribution is 0.635. The molecule has 0 fully saturated rings. The molecule has 3 N–H and O–H groups in total. The van der Waals surface area contributed by atoms with Crippen LogP contribution in [0.5, 0.6) is 0 Å². The summed E-state index contributed by atoms with van der Waals surface area (Å²) in [6.45, 7) is 6.40. The maximum Gasteiger partial charge on any atom is 0.161 e. The van der Waals surface area contributed by atoms with Gasteiger partial charge < -0.3 is 5.43 Å². The molecule has 100 valence electrons. The number of aryl methyl sites for hydroxylation is 1. The van der Waals surface area contributed by atoms with Crippen molar-refractivity contribution in [2.45, 2.75) is 27.2 Å². The van der Waals surface area contributed by atoms with Crippen LogP contribution >= 0.6 is 0 Å². The SMILES string of the molecule is Cc1cccc(-c2nc(CC(C)C)cc(NN)n2)c1. The number of nitrogens with one attached hydrogen (secondary N) is 1. The third kappa shape index (κ3) is 3.51. The summed E-state index contributed by atoms with van der Waals surface area (Å²) < 4.78 is 0. The van der Waals surface area contributed by atoms with Gasteiger partial charge in [0.15, 0.2) is 5.82 Å². The second-order valence-corrected chi connectivity index (χ2v) is 5.18. The summed E-state index contributed by atoms with van der Waals surface area (Å²) >= 11 is 0. The Bertz CT molecular complexity index is 564. The standard InChI is InChI=1S/C15H20N4/c1-10(2)7-13-9-14(19-16)18-15(17-13)12-6-4-5-11(3)8-12/h4-6,8-10H,7,16H2,1-3H3,(H,17,18,19). The maximum atomic E-state index is 5.49. The molecule has 0 spiro atoms. The predicted molar refractivity (Wildman–Crippen MR) is 78.6 cm³/mol. The van der Waals surface area contributed by atoms with Crippen LogP contribution < -0.4 is 11.3 Å². The van der Waals surface area contributed by atoms with E-state index in [9.17, 15) is 0 Å². The number of anilines is 1. The Morgan fingerprint density at radius 1 is 1.21 bits per heavy atom. The summed E-state index contributed by atoms with van der Waals surface area (Å²) in [6.07, 6.45) is 0.913. The van der Waals surface area contributed by atoms with Crippen molar-refractivity contribution < 1.29 is 0 Å². The summed E-state index contributed by atoms with van der Waals surface area (Å²) in [5.41, 5.74) is 5.83. The van der Waals surface area contributed by atoms with Crippen molar-refractivity contribution in [3.63, 3.8) is 0 Å². The van der Waals surface area contributed by atoms with Crippen LogP contribution in [-0.4, -0.2) is 9.97 Å². The maximum absolute atomic E-state index is 5.49. The molecule has 1 aromatic carbocycles. The lowest BCUT2D eigenvalue weighted by Crippen LogP contribution is -2.11. The lowest BCUT2D eigenvalue weighted by Gasteiger charge is -2.09. The van der Waals surface area contributed by atoms with Gasteiger partial charge in [-0.25, -0.2) is 15.8 Å². The van der Waals surface area contributed by atoms with Crippen LogP contribution in [-0.2, 0) is 6.42 Å². The molecule has 2 aromatic rings. The van der Waals surface area contributed by atoms with Crippen molar-refractivity contribution in [2.75, 3.05) is 5.43 Å². The molecule has 1 heterocycles. The van der Waals surface area contributed by atoms with E-state index in [1.807, 2.05) is 18.2 Å². The van der Waals surface area contributed by atoms with Crippen LogP contribution in [0.3, 0.4) is 0 Å². The first kappa shape index (κ1) is 13.5. The van der Waals surface area contributed by atoms with Crippen LogP contribution in [0.4, 0.5) is 5.82 Å². The van der Waals surface area contributed by atoms with Crippen molar-refractivity contribution in [2.24, 2.45) is 11.8 Å². The topological polar surface area (TPSA) is 63.8 Å². The molecule has 0 aliphatic heterocycles. The molecule has 0 radical (unpaired) electrons. The van der Waals surface area contributed by atoms with Gasteiger partial charge in [-0.3, -0.25) is 0 Å². The van der Waals surface area contributed by atoms with E-state index in [1.54, 1.807) is 0 Å². The fraction of sp³-hybridized carbons (Fsp3) is 0.333. The van der Waals surface area contributed by atoms with E-state index in [4.69, 9.17) is 5.84 Å². The largest absolute Gasteiger partial charge is 0.308 e. The Morgan fingerprint density at radius 3 is 2.63 bits per heavy atom. The van der Waals surface area contributed by atoms with Crippen molar-refractivity contribution in [1.29, 1.82) is 0 Å². The van der Waals surface area contributed by atoms with Crippen molar-refractivity contribution >= 4 is 5.82 Å². The van der Waals surface area contributed by atoms with Crippen molar-refractivity contribution in [3.8, 4) is 11.4 Å². The van der Waals surface area contributed by atoms with Gasteiger partial charge >= 0.3 is 0 Å². The first-order valence-corrected chi connectivity index (χ1v) is 6.50. The molecule has 4 nitrogen and oxygen atoms in total. The molecule has 0 bridgehead atoms. The minimum absolute atomic E-state index is 0.547. The van der Waals surface area contributed by atoms with Crippen LogP contribution in [0.25, 0.3) is 11.4 Å². The zero-order chi connectivity index (χ0) is 13.8. The third-order valence-corrected chi connectivity index (χ3v) is 2.82. The van der Waals surface area contributed by atoms with E-state index in [0.29, 0.717) is 11.7 Å². The number of hydrogen-bond donors (Lipinski definition) is 2. The number of nitrogen functional groups attached to an aromatic ring is 1. The molecule has 0 saturated heterocycles. The fourth-order valence-electron chi connectivity index (χ4n) is 2.01. The highest BCUT2D eigenvalue weighted by atomic mass is 15.3. The molecule has 2 rings (SSSR count). The third-order valence-electron chi connectivity index (χ3n) is 2.82. The zero-order valence-corrected chi connectivity index (χ0v) is 11.6. The Balaban J connectivity index is 2.44. The quantitative estimate of drug-likeness (QED) is 0.652. The van der Waals surface area contributed by atoms with E-state index < -0.39 is 0 Å². The molecule has 1 aromatic heterocycles. The van der Waals surface area contributed by atoms with Gasteiger partial charge in [0.1, 0.15) is 5.82 Å². The number of nitrogens with two attached hydrogens (primary N) is 1. The molecule has 19 heavy (non-hydrogen) atoms. The van der Waals surface area contributed by atoms with Gasteiger partial charge in [-0.2, -0.15) is 0 Å². The minimum atomic E-state index is 0.547. The van der Waals surface area contributed by atoms with E-state index in [-0.39, 0.29) is 0 Å². The molecule has 0 atom stereocenters. The predicted octanol–water partition coefficient (Wildman–Crippen LogP) is 2.94. The summed E-state index contributed by atoms with van der Waals surface area (Å²) in [5.74, 6) is 7.41. The van der Waals surface area contributed by atoms with Crippen LogP contribution in [0.2, 0.25) is 0 Å². The minimum Gasteiger partial charge on any atom is -0.308 e. The Kier molecular flexibility index (Phi) is 4.12. The van der Waals surface area contributed by atoms with Gasteiger partial charge in [0, 0.05) is 17.3 Å². The first-order chi connectivity index (χ1) is 9.08. The van der Waals surface area contributed by atoms with Crippen molar-refractivity contribution in [1.82, 2.24) is 9.97 Å². The molecular formula is C15H20N4. The molecule has 4 heteroatoms. The fourth-order valence-corrected chi connectivity index (χ4v) is 2.01. The van der Waals surface area contributed by atoms with Crippen LogP contribution in [0, 0.1) is 12.8 Å². The summed E-state index contributed by atoms with van der Waals surface area (Å²) in [6, 6.07) is 10.1. The second kappa shape index (κ2) is 5.80. The van der Waals surface area contributed by atoms with Gasteiger partial charge in [-0.1, -0.05) is 37.6 Å². The number of rotatable bonds is 4. The average Bonchev–Trinajstić information content (AvgIpc) is 2.37. The zero-order valence-electron chi connectivity index (χ0n) is 11.6. The highest BCUT2D eigenvalue weighted by molar-refractivity contribution is 5.58. The molecule has 0 saturated carbocycles. The molecule has 0 unspecified atom stereocenters. The molecule has 0 aliphatic carbocycles. The lowest BCUT2D eigenvalue weighted by atomic mass is 10.1. The average molecular weight is 256 g/mol. The van der Waals surface area contributed by atoms with E-state index in [0.717, 1.165) is 23.5 Å². The summed E-state index contributed by atoms with van der Waals surface area (Å²) in [4.78, 5) is 9.05. The smallest absolute Gasteiger partial charge is 0.161 e. The number of benzene rings is 1. The highest BCUT2D eigenvalue weighted by Gasteiger charge is 2.08. The van der Waals surface area contributed by atoms with E-state index in [2.05, 4.69) is 48.3 Å². The number of hydrazine groups is 1. The van der Waals surface area contributed by atoms with Crippen LogP contribution in [0.15, 0.2) is 30.3 Å². The highest BCUT2D eigenvalue weighted by Crippen LogP contribution is 2.20. The molecular weight excluding hydrogens is 236 g/mol. The van der Waals surface area contributed by atoms with Gasteiger partial charge in [-0.05, 0) is 25.3 Å². The Hall–Kier alpha value is -1.94. The number of aromatic nitrogens is 2. The van der Waals surface area contributed by atoms with Gasteiger partial charge in [-0.15, -0.1) is 0 Å². The van der Waals surface area contributed by atoms with E-state index in [1.165, 1.54) is 5.56 Å². The molecule has 0 amide bonds. The number of nitrogens with zero attached hydrogens (tertiary/aromatic N) is 2. The van der Waals surface area contributed by atoms with Gasteiger partial charge in [0.25, 0.3) is 0 Å². The first-order valence-electron chi connectivity index (χ1n) is 6.50. The molecule has 0 aliphatic rings. The Labute approximate surface area is 114 Å². The normalized spacial score (nSPS) is 10.8. The van der Waals surface area contributed by atoms with Crippen molar-refractivity contribution in [3.05, 3.63) is 41.6 Å². The monoisotopic (exact) mass is 256 g/mol. The van der Waals surface area contributed by atoms with Crippen LogP contribution in [0.1, 0.15) is 25.1 Å². The van der Waals surface area contributed by atoms with Gasteiger partial charge in [0.05, 0.1) is 0 Å². The van der Waals surface area contributed by atoms with E-state index >= 15 is 0 Å². The summed E-state index contributed by atoms with van der Waals surface area (Å²) in [5, 5.41) is 0.